The molecule has 0 spiro atoms. The third kappa shape index (κ3) is 3.19. The molecule has 98 valence electrons. The summed E-state index contributed by atoms with van der Waals surface area (Å²) in [4.78, 5) is 12.0. The van der Waals surface area contributed by atoms with Crippen LogP contribution in [0.4, 0.5) is 0 Å². The van der Waals surface area contributed by atoms with Gasteiger partial charge in [-0.25, -0.2) is 0 Å². The summed E-state index contributed by atoms with van der Waals surface area (Å²) >= 11 is 0. The van der Waals surface area contributed by atoms with Gasteiger partial charge in [0.2, 0.25) is 5.91 Å². The van der Waals surface area contributed by atoms with E-state index < -0.39 is 0 Å². The van der Waals surface area contributed by atoms with Gasteiger partial charge in [-0.15, -0.1) is 0 Å². The highest BCUT2D eigenvalue weighted by Crippen LogP contribution is 2.36. The molecule has 0 aromatic heterocycles. The molecule has 2 rings (SSSR count). The smallest absolute Gasteiger partial charge is 0.237 e. The molecular weight excluding hydrogens is 216 g/mol. The van der Waals surface area contributed by atoms with Crippen LogP contribution >= 0.6 is 0 Å². The molecule has 2 fully saturated rings. The second-order valence-electron chi connectivity index (χ2n) is 5.79. The maximum atomic E-state index is 12.0. The first-order chi connectivity index (χ1) is 8.13. The average molecular weight is 240 g/mol. The van der Waals surface area contributed by atoms with Crippen LogP contribution in [0.25, 0.3) is 0 Å². The number of ether oxygens (including phenoxy) is 1. The van der Waals surface area contributed by atoms with E-state index in [9.17, 15) is 4.79 Å². The van der Waals surface area contributed by atoms with Crippen LogP contribution in [0.2, 0.25) is 0 Å². The van der Waals surface area contributed by atoms with E-state index in [0.717, 1.165) is 19.5 Å². The van der Waals surface area contributed by atoms with Crippen LogP contribution in [-0.4, -0.2) is 38.3 Å². The van der Waals surface area contributed by atoms with Gasteiger partial charge >= 0.3 is 0 Å². The molecule has 0 radical (unpaired) electrons. The highest BCUT2D eigenvalue weighted by atomic mass is 16.5. The van der Waals surface area contributed by atoms with Crippen LogP contribution in [0.1, 0.15) is 39.0 Å². The summed E-state index contributed by atoms with van der Waals surface area (Å²) in [6.45, 7) is 3.88. The molecule has 2 aliphatic rings. The Balaban J connectivity index is 1.74. The van der Waals surface area contributed by atoms with Gasteiger partial charge in [0.15, 0.2) is 0 Å². The van der Waals surface area contributed by atoms with Crippen LogP contribution in [0.15, 0.2) is 0 Å². The molecule has 1 aliphatic heterocycles. The Morgan fingerprint density at radius 2 is 2.18 bits per heavy atom. The lowest BCUT2D eigenvalue weighted by Gasteiger charge is -2.24. The Morgan fingerprint density at radius 3 is 2.76 bits per heavy atom. The topological polar surface area (TPSA) is 50.4 Å². The SMILES string of the molecule is COC1CNC(C(=O)NCC2(C)CCCC2)C1. The minimum Gasteiger partial charge on any atom is -0.380 e. The van der Waals surface area contributed by atoms with Crippen molar-refractivity contribution in [2.75, 3.05) is 20.2 Å². The summed E-state index contributed by atoms with van der Waals surface area (Å²) in [7, 11) is 1.70. The van der Waals surface area contributed by atoms with Crippen LogP contribution in [-0.2, 0) is 9.53 Å². The second-order valence-corrected chi connectivity index (χ2v) is 5.79. The maximum absolute atomic E-state index is 12.0. The van der Waals surface area contributed by atoms with Crippen molar-refractivity contribution in [1.29, 1.82) is 0 Å². The lowest BCUT2D eigenvalue weighted by atomic mass is 9.89. The molecular formula is C13H24N2O2. The van der Waals surface area contributed by atoms with Crippen molar-refractivity contribution in [2.24, 2.45) is 5.41 Å². The molecule has 0 bridgehead atoms. The van der Waals surface area contributed by atoms with Crippen molar-refractivity contribution in [3.63, 3.8) is 0 Å². The van der Waals surface area contributed by atoms with Gasteiger partial charge in [-0.05, 0) is 24.7 Å². The number of amides is 1. The fraction of sp³-hybridized carbons (Fsp3) is 0.923. The molecule has 1 saturated heterocycles. The van der Waals surface area contributed by atoms with Crippen LogP contribution < -0.4 is 10.6 Å². The monoisotopic (exact) mass is 240 g/mol. The molecule has 4 nitrogen and oxygen atoms in total. The number of carbonyl (C=O) groups is 1. The number of hydrogen-bond donors (Lipinski definition) is 2. The van der Waals surface area contributed by atoms with Crippen molar-refractivity contribution in [3.8, 4) is 0 Å². The van der Waals surface area contributed by atoms with Gasteiger partial charge in [-0.1, -0.05) is 19.8 Å². The molecule has 17 heavy (non-hydrogen) atoms. The quantitative estimate of drug-likeness (QED) is 0.772. The fourth-order valence-electron chi connectivity index (χ4n) is 2.91. The molecule has 1 aliphatic carbocycles. The molecule has 0 aromatic rings. The normalized spacial score (nSPS) is 31.6. The van der Waals surface area contributed by atoms with Gasteiger partial charge in [0.25, 0.3) is 0 Å². The summed E-state index contributed by atoms with van der Waals surface area (Å²) in [6.07, 6.45) is 6.07. The summed E-state index contributed by atoms with van der Waals surface area (Å²) < 4.78 is 5.25. The average Bonchev–Trinajstić information content (AvgIpc) is 2.95. The minimum absolute atomic E-state index is 0.0649. The summed E-state index contributed by atoms with van der Waals surface area (Å²) in [5.41, 5.74) is 0.328. The Bertz CT molecular complexity index is 275. The molecule has 1 amide bonds. The Hall–Kier alpha value is -0.610. The molecule has 2 atom stereocenters. The van der Waals surface area contributed by atoms with E-state index in [2.05, 4.69) is 17.6 Å². The molecule has 1 heterocycles. The molecule has 4 heteroatoms. The first-order valence-electron chi connectivity index (χ1n) is 6.67. The highest BCUT2D eigenvalue weighted by molar-refractivity contribution is 5.82. The predicted molar refractivity (Wildman–Crippen MR) is 66.8 cm³/mol. The zero-order valence-corrected chi connectivity index (χ0v) is 10.9. The first-order valence-corrected chi connectivity index (χ1v) is 6.67. The predicted octanol–water partition coefficient (Wildman–Crippen LogP) is 1.06. The summed E-state index contributed by atoms with van der Waals surface area (Å²) in [5.74, 6) is 0.137. The van der Waals surface area contributed by atoms with E-state index in [1.165, 1.54) is 25.7 Å². The van der Waals surface area contributed by atoms with Gasteiger partial charge in [-0.2, -0.15) is 0 Å². The lowest BCUT2D eigenvalue weighted by Crippen LogP contribution is -2.44. The van der Waals surface area contributed by atoms with Crippen molar-refractivity contribution < 1.29 is 9.53 Å². The van der Waals surface area contributed by atoms with E-state index in [1.54, 1.807) is 7.11 Å². The zero-order valence-electron chi connectivity index (χ0n) is 10.9. The van der Waals surface area contributed by atoms with E-state index >= 15 is 0 Å². The summed E-state index contributed by atoms with van der Waals surface area (Å²) in [6, 6.07) is -0.0649. The van der Waals surface area contributed by atoms with Gasteiger partial charge in [0, 0.05) is 20.2 Å². The number of nitrogens with one attached hydrogen (secondary N) is 2. The van der Waals surface area contributed by atoms with Crippen molar-refractivity contribution in [1.82, 2.24) is 10.6 Å². The number of methoxy groups -OCH3 is 1. The van der Waals surface area contributed by atoms with Crippen molar-refractivity contribution in [2.45, 2.75) is 51.2 Å². The van der Waals surface area contributed by atoms with Gasteiger partial charge in [0.05, 0.1) is 12.1 Å². The molecule has 2 unspecified atom stereocenters. The van der Waals surface area contributed by atoms with E-state index in [4.69, 9.17) is 4.74 Å². The third-order valence-corrected chi connectivity index (χ3v) is 4.24. The van der Waals surface area contributed by atoms with Crippen molar-refractivity contribution in [3.05, 3.63) is 0 Å². The Kier molecular flexibility index (Phi) is 4.05. The van der Waals surface area contributed by atoms with Gasteiger partial charge in [0.1, 0.15) is 0 Å². The summed E-state index contributed by atoms with van der Waals surface area (Å²) in [5, 5.41) is 6.30. The highest BCUT2D eigenvalue weighted by Gasteiger charge is 2.32. The first kappa shape index (κ1) is 12.8. The van der Waals surface area contributed by atoms with Crippen LogP contribution in [0.5, 0.6) is 0 Å². The van der Waals surface area contributed by atoms with E-state index in [1.807, 2.05) is 0 Å². The van der Waals surface area contributed by atoms with Crippen LogP contribution in [0, 0.1) is 5.41 Å². The largest absolute Gasteiger partial charge is 0.380 e. The number of rotatable bonds is 4. The van der Waals surface area contributed by atoms with Crippen molar-refractivity contribution >= 4 is 5.91 Å². The molecule has 2 N–H and O–H groups in total. The second kappa shape index (κ2) is 5.36. The third-order valence-electron chi connectivity index (χ3n) is 4.24. The fourth-order valence-corrected chi connectivity index (χ4v) is 2.91. The standard InChI is InChI=1S/C13H24N2O2/c1-13(5-3-4-6-13)9-15-12(16)11-7-10(17-2)8-14-11/h10-11,14H,3-9H2,1-2H3,(H,15,16). The minimum atomic E-state index is -0.0649. The maximum Gasteiger partial charge on any atom is 0.237 e. The van der Waals surface area contributed by atoms with E-state index in [0.29, 0.717) is 5.41 Å². The van der Waals surface area contributed by atoms with Crippen LogP contribution in [0.3, 0.4) is 0 Å². The lowest BCUT2D eigenvalue weighted by molar-refractivity contribution is -0.123. The van der Waals surface area contributed by atoms with E-state index in [-0.39, 0.29) is 18.1 Å². The zero-order chi connectivity index (χ0) is 12.3. The van der Waals surface area contributed by atoms with Gasteiger partial charge in [-0.3, -0.25) is 4.79 Å². The Labute approximate surface area is 103 Å². The Morgan fingerprint density at radius 1 is 1.47 bits per heavy atom. The van der Waals surface area contributed by atoms with Gasteiger partial charge < -0.3 is 15.4 Å². The number of carbonyl (C=O) groups excluding carboxylic acids is 1. The number of hydrogen-bond acceptors (Lipinski definition) is 3. The molecule has 0 aromatic carbocycles. The molecule has 1 saturated carbocycles.